The fourth-order valence-corrected chi connectivity index (χ4v) is 17.5. The van der Waals surface area contributed by atoms with Gasteiger partial charge in [0.25, 0.3) is 33.4 Å². The van der Waals surface area contributed by atoms with E-state index in [1.54, 1.807) is 45.5 Å². The van der Waals surface area contributed by atoms with Crippen molar-refractivity contribution in [3.63, 3.8) is 0 Å². The molecule has 0 bridgehead atoms. The molecular weight excluding hydrogens is 1880 g/mol. The van der Waals surface area contributed by atoms with E-state index in [9.17, 15) is 71.9 Å². The lowest BCUT2D eigenvalue weighted by Gasteiger charge is -2.19. The number of aromatic amines is 6. The highest BCUT2D eigenvalue weighted by atomic mass is 16.5. The molecule has 0 saturated heterocycles. The number of carbonyl (C=O) groups excluding carboxylic acids is 3. The van der Waals surface area contributed by atoms with Gasteiger partial charge in [0, 0.05) is 89.8 Å². The van der Waals surface area contributed by atoms with Gasteiger partial charge in [-0.1, -0.05) is 192 Å². The molecule has 0 spiro atoms. The largest absolute Gasteiger partial charge is 0.361 e. The molecule has 9 N–H and O–H groups in total. The number of anilines is 6. The molecule has 0 aliphatic heterocycles. The molecule has 0 saturated carbocycles. The Morgan fingerprint density at radius 3 is 0.886 bits per heavy atom. The van der Waals surface area contributed by atoms with Crippen LogP contribution in [0.25, 0.3) is 0 Å². The highest BCUT2D eigenvalue weighted by molar-refractivity contribution is 6.10. The average Bonchev–Trinajstić information content (AvgIpc) is 0.781. The van der Waals surface area contributed by atoms with E-state index in [1.165, 1.54) is 18.3 Å². The first kappa shape index (κ1) is 120. The minimum absolute atomic E-state index is 0.0142. The van der Waals surface area contributed by atoms with E-state index in [0.29, 0.717) is 126 Å². The molecule has 0 unspecified atom stereocenters. The predicted molar refractivity (Wildman–Crippen MR) is 603 cm³/mol. The summed E-state index contributed by atoms with van der Waals surface area (Å²) >= 11 is 0. The number of aryl methyl sites for hydroxylation is 12. The normalized spacial score (nSPS) is 11.0. The fraction of sp³-hybridized carbons (Fsp3) is 0.381. The molecule has 12 aromatic rings. The first-order valence-electron chi connectivity index (χ1n) is 50.5. The molecule has 149 heavy (non-hydrogen) atoms. The van der Waals surface area contributed by atoms with Gasteiger partial charge in [0.2, 0.25) is 17.3 Å². The molecule has 31 heteroatoms. The van der Waals surface area contributed by atoms with E-state index in [-0.39, 0.29) is 88.1 Å². The van der Waals surface area contributed by atoms with Gasteiger partial charge in [0.05, 0.1) is 16.7 Å². The number of nitrogens with one attached hydrogen (secondary N) is 9. The van der Waals surface area contributed by atoms with Crippen molar-refractivity contribution in [2.45, 2.75) is 297 Å². The van der Waals surface area contributed by atoms with Gasteiger partial charge in [0.1, 0.15) is 41.3 Å². The molecule has 12 rings (SSSR count). The van der Waals surface area contributed by atoms with Crippen LogP contribution in [0.5, 0.6) is 0 Å². The number of H-pyrrole nitrogens is 6. The van der Waals surface area contributed by atoms with E-state index in [1.807, 2.05) is 299 Å². The molecule has 0 radical (unpaired) electrons. The van der Waals surface area contributed by atoms with Gasteiger partial charge in [-0.05, 0) is 294 Å². The third-order valence-electron chi connectivity index (χ3n) is 23.9. The van der Waals surface area contributed by atoms with E-state index in [4.69, 9.17) is 4.74 Å². The van der Waals surface area contributed by atoms with Crippen molar-refractivity contribution >= 4 is 51.9 Å². The summed E-state index contributed by atoms with van der Waals surface area (Å²) in [6, 6.07) is 34.9. The Morgan fingerprint density at radius 1 is 0.329 bits per heavy atom. The number of hydrogen-bond acceptors (Lipinski definition) is 19. The molecule has 0 amide bonds. The Bertz CT molecular complexity index is 7740. The van der Waals surface area contributed by atoms with Gasteiger partial charge in [-0.3, -0.25) is 100 Å². The van der Waals surface area contributed by atoms with Crippen molar-refractivity contribution < 1.29 is 19.1 Å². The van der Waals surface area contributed by atoms with Gasteiger partial charge in [-0.15, -0.1) is 6.58 Å². The third-order valence-corrected chi connectivity index (χ3v) is 23.9. The maximum atomic E-state index is 13.4. The van der Waals surface area contributed by atoms with Crippen LogP contribution in [0, 0.1) is 83.1 Å². The maximum absolute atomic E-state index is 13.4. The van der Waals surface area contributed by atoms with E-state index >= 15 is 0 Å². The molecule has 0 fully saturated rings. The number of aromatic nitrogens is 12. The number of ketones is 3. The average molecular weight is 2040 g/mol. The van der Waals surface area contributed by atoms with Gasteiger partial charge in [-0.2, -0.15) is 0 Å². The van der Waals surface area contributed by atoms with Crippen LogP contribution in [0.3, 0.4) is 0 Å². The van der Waals surface area contributed by atoms with Crippen LogP contribution in [0.15, 0.2) is 226 Å². The Labute approximate surface area is 870 Å². The number of rotatable bonds is 33. The second kappa shape index (κ2) is 55.3. The monoisotopic (exact) mass is 2030 g/mol. The summed E-state index contributed by atoms with van der Waals surface area (Å²) in [5.74, 6) is 0.129. The van der Waals surface area contributed by atoms with Gasteiger partial charge in [-0.25, -0.2) is 28.8 Å². The second-order valence-electron chi connectivity index (χ2n) is 39.6. The molecule has 31 nitrogen and oxygen atoms in total. The van der Waals surface area contributed by atoms with Gasteiger partial charge in [0.15, 0.2) is 0 Å². The van der Waals surface area contributed by atoms with Crippen LogP contribution in [-0.2, 0) is 57.0 Å². The zero-order valence-corrected chi connectivity index (χ0v) is 92.4. The standard InChI is InChI=1S/C22H28N2O3.2C21H26N2O3.C19H25N3O2.C18H23N3O2.C17H23N3O3/c1-13(2)8-7-9-24-19(18(14(3)4)21(26)23-22(24)27)20(25)17-11-15(5)10-16(6)12-17;2*1-12(2)7-8-23-18(17(13(3)4)20(25)22-21(23)26)19(24)16-10-14(5)9-15(6)11-16;1-6-7-8-22-17(16(12(2)3)18(23)21-19(22)24)20-15-10-13(4)9-14(5)11-15;1-5-7-8-21-16(15(6-2)17(22)20-18(21)23)19-14-10-12(3)9-13(4)11-14;1-5-14-15(18-13-8-11(3)7-12(4)9-13)20(10-23-6-2)17(22)19-16(14)21/h8,10-12,14H,7,9H2,1-6H3,(H,23,26,27);7,9-11,13H,8H2,1-6H3,(H,22,25,26);9-11,13H,1,7-8H2,2-6H3,(H,22,25,26);6-7,9-12,20H,8H2,1-5H3,(H,21,23,24);5,7,9-11,19H,6,8H2,1-4H3,(H,20,22,23);7-9,18H,5-6,10H2,1-4H3,(H,19,21,22)/b;;;7-6+;7-5+;. The molecular formula is C118H151N15O16. The topological polar surface area (TPSA) is 426 Å². The highest BCUT2D eigenvalue weighted by Gasteiger charge is 2.30. The summed E-state index contributed by atoms with van der Waals surface area (Å²) in [6.07, 6.45) is 13.6. The summed E-state index contributed by atoms with van der Waals surface area (Å²) in [4.78, 5) is 202. The lowest BCUT2D eigenvalue weighted by molar-refractivity contribution is 0.0856. The van der Waals surface area contributed by atoms with Crippen LogP contribution < -0.4 is 83.4 Å². The summed E-state index contributed by atoms with van der Waals surface area (Å²) in [6.45, 7) is 63.8. The minimum atomic E-state index is -0.565. The molecule has 0 atom stereocenters. The molecule has 794 valence electrons. The number of allylic oxidation sites excluding steroid dienone is 9. The first-order chi connectivity index (χ1) is 70.1. The first-order valence-corrected chi connectivity index (χ1v) is 50.5. The number of carbonyl (C=O) groups is 3. The summed E-state index contributed by atoms with van der Waals surface area (Å²) in [5, 5.41) is 9.80. The fourth-order valence-electron chi connectivity index (χ4n) is 17.5. The summed E-state index contributed by atoms with van der Waals surface area (Å²) < 4.78 is 14.1. The quantitative estimate of drug-likeness (QED) is 0.0136. The van der Waals surface area contributed by atoms with Crippen molar-refractivity contribution in [2.75, 3.05) is 22.6 Å². The van der Waals surface area contributed by atoms with Crippen molar-refractivity contribution in [3.8, 4) is 0 Å². The molecule has 0 aliphatic rings. The van der Waals surface area contributed by atoms with E-state index in [0.717, 1.165) is 101 Å². The number of hydrogen-bond donors (Lipinski definition) is 9. The van der Waals surface area contributed by atoms with Crippen molar-refractivity contribution in [1.82, 2.24) is 57.3 Å². The smallest absolute Gasteiger partial charge is 0.331 e. The van der Waals surface area contributed by atoms with Crippen LogP contribution in [-0.4, -0.2) is 81.3 Å². The zero-order chi connectivity index (χ0) is 111. The van der Waals surface area contributed by atoms with E-state index < -0.39 is 50.8 Å². The maximum Gasteiger partial charge on any atom is 0.331 e. The van der Waals surface area contributed by atoms with Crippen LogP contribution >= 0.6 is 0 Å². The highest BCUT2D eigenvalue weighted by Crippen LogP contribution is 2.30. The van der Waals surface area contributed by atoms with Gasteiger partial charge >= 0.3 is 34.1 Å². The molecule has 0 aliphatic carbocycles. The van der Waals surface area contributed by atoms with Crippen molar-refractivity contribution in [2.24, 2.45) is 0 Å². The lowest BCUT2D eigenvalue weighted by atomic mass is 9.95. The minimum Gasteiger partial charge on any atom is -0.361 e. The van der Waals surface area contributed by atoms with E-state index in [2.05, 4.69) is 70.6 Å². The Kier molecular flexibility index (Phi) is 44.7. The Morgan fingerprint density at radius 2 is 0.591 bits per heavy atom. The second-order valence-corrected chi connectivity index (χ2v) is 39.6. The molecule has 6 aromatic heterocycles. The van der Waals surface area contributed by atoms with Crippen molar-refractivity contribution in [3.05, 3.63) is 428 Å². The number of nitrogens with zero attached hydrogens (tertiary/aromatic N) is 6. The Hall–Kier alpha value is -15.5. The predicted octanol–water partition coefficient (Wildman–Crippen LogP) is 19.9. The molecule has 6 heterocycles. The third kappa shape index (κ3) is 33.2. The SMILES string of the molecule is C/C=C/Cn1c(Nc2cc(C)cc(C)c2)c(C(C)C)c(=O)[nH]c1=O.C/C=C/Cn1c(Nc2cc(C)cc(C)c2)c(CC)c(=O)[nH]c1=O.C=C(C)CCn1c(C(=O)c2cc(C)cc(C)c2)c(C(C)C)c(=O)[nH]c1=O.CC(C)=CCCn1c(C(=O)c2cc(C)cc(C)c2)c(C(C)C)c(=O)[nH]c1=O.CC(C)=CCn1c(C(=O)c2cc(C)cc(C)c2)c(C(C)C)c(=O)[nH]c1=O.CCOCn1c(Nc2cc(C)cc(C)c2)c(CC)c(=O)[nH]c1=O. The van der Waals surface area contributed by atoms with Crippen LogP contribution in [0.2, 0.25) is 0 Å². The van der Waals surface area contributed by atoms with Gasteiger partial charge < -0.3 is 20.7 Å². The summed E-state index contributed by atoms with van der Waals surface area (Å²) in [7, 11) is 0. The van der Waals surface area contributed by atoms with Crippen molar-refractivity contribution in [1.29, 1.82) is 0 Å². The Balaban J connectivity index is 0.000000242. The summed E-state index contributed by atoms with van der Waals surface area (Å²) in [5.41, 5.74) is 17.4. The number of benzene rings is 6. The van der Waals surface area contributed by atoms with Crippen LogP contribution in [0.4, 0.5) is 34.5 Å². The zero-order valence-electron chi connectivity index (χ0n) is 92.4. The lowest BCUT2D eigenvalue weighted by Crippen LogP contribution is -2.38. The molecule has 6 aromatic carbocycles. The van der Waals surface area contributed by atoms with Crippen LogP contribution in [0.1, 0.15) is 309 Å². The number of ether oxygens (including phenoxy) is 1.